The summed E-state index contributed by atoms with van der Waals surface area (Å²) < 4.78 is 33.6. The number of nitrogens with zero attached hydrogens (tertiary/aromatic N) is 3. The van der Waals surface area contributed by atoms with Crippen LogP contribution in [-0.2, 0) is 21.2 Å². The molecule has 0 spiro atoms. The van der Waals surface area contributed by atoms with E-state index >= 15 is 0 Å². The first-order valence-electron chi connectivity index (χ1n) is 11.9. The second kappa shape index (κ2) is 12.2. The molecular weight excluding hydrogens is 508 g/mol. The van der Waals surface area contributed by atoms with Crippen molar-refractivity contribution in [3.8, 4) is 12.1 Å². The summed E-state index contributed by atoms with van der Waals surface area (Å²) in [5, 5.41) is 24.6. The zero-order valence-corrected chi connectivity index (χ0v) is 22.1. The molecule has 2 aromatic rings. The minimum absolute atomic E-state index is 0.0419. The normalized spacial score (nSPS) is 15.3. The molecule has 2 aromatic carbocycles. The Morgan fingerprint density at radius 2 is 1.89 bits per heavy atom. The summed E-state index contributed by atoms with van der Waals surface area (Å²) in [6.45, 7) is 5.23. The summed E-state index contributed by atoms with van der Waals surface area (Å²) in [6.07, 6.45) is 0.0752. The third kappa shape index (κ3) is 6.11. The van der Waals surface area contributed by atoms with Gasteiger partial charge in [-0.2, -0.15) is 10.5 Å². The van der Waals surface area contributed by atoms with E-state index in [-0.39, 0.29) is 41.3 Å². The zero-order valence-electron chi connectivity index (χ0n) is 21.2. The van der Waals surface area contributed by atoms with E-state index in [2.05, 4.69) is 21.4 Å². The number of amides is 3. The number of carbonyl (C=O) groups is 2. The van der Waals surface area contributed by atoms with Gasteiger partial charge in [0.15, 0.2) is 0 Å². The molecule has 1 unspecified atom stereocenters. The van der Waals surface area contributed by atoms with Crippen LogP contribution in [0.2, 0.25) is 0 Å². The van der Waals surface area contributed by atoms with Crippen LogP contribution in [0, 0.1) is 22.7 Å². The maximum absolute atomic E-state index is 13.3. The van der Waals surface area contributed by atoms with Gasteiger partial charge in [0, 0.05) is 18.8 Å². The van der Waals surface area contributed by atoms with Crippen molar-refractivity contribution in [2.75, 3.05) is 24.6 Å². The predicted molar refractivity (Wildman–Crippen MR) is 139 cm³/mol. The molecule has 3 amide bonds. The Balaban J connectivity index is 2.00. The molecule has 0 radical (unpaired) electrons. The van der Waals surface area contributed by atoms with Crippen molar-refractivity contribution < 1.29 is 22.7 Å². The van der Waals surface area contributed by atoms with Crippen molar-refractivity contribution in [2.24, 2.45) is 0 Å². The number of sulfonamides is 1. The Bertz CT molecular complexity index is 1460. The van der Waals surface area contributed by atoms with Gasteiger partial charge in [-0.15, -0.1) is 0 Å². The van der Waals surface area contributed by atoms with E-state index in [1.54, 1.807) is 19.9 Å². The van der Waals surface area contributed by atoms with Crippen LogP contribution in [0.1, 0.15) is 43.5 Å². The standard InChI is InChI=1S/C26H28N6O5S/c1-4-18-7-6-8-20(13-18)32-17(3)22(16-28)24(31-25(32)33)21-10-9-19(15-27)14-23(21)38(35,36)30-12-11-29-26(34)37-5-2/h6-10,13-14,24,30H,4-5,11-12H2,1-3H3,(H,29,34)(H,31,33). The van der Waals surface area contributed by atoms with Crippen LogP contribution in [0.4, 0.5) is 15.3 Å². The van der Waals surface area contributed by atoms with Crippen molar-refractivity contribution in [1.29, 1.82) is 10.5 Å². The number of carbonyl (C=O) groups excluding carboxylic acids is 2. The third-order valence-corrected chi connectivity index (χ3v) is 7.40. The maximum Gasteiger partial charge on any atom is 0.407 e. The Labute approximate surface area is 221 Å². The van der Waals surface area contributed by atoms with Gasteiger partial charge >= 0.3 is 12.1 Å². The zero-order chi connectivity index (χ0) is 27.9. The molecule has 198 valence electrons. The average Bonchev–Trinajstić information content (AvgIpc) is 2.91. The summed E-state index contributed by atoms with van der Waals surface area (Å²) in [5.74, 6) is 0. The fourth-order valence-electron chi connectivity index (χ4n) is 4.03. The highest BCUT2D eigenvalue weighted by Crippen LogP contribution is 2.36. The van der Waals surface area contributed by atoms with Gasteiger partial charge in [0.2, 0.25) is 10.0 Å². The van der Waals surface area contributed by atoms with Gasteiger partial charge in [0.1, 0.15) is 0 Å². The van der Waals surface area contributed by atoms with Crippen LogP contribution in [0.15, 0.2) is 58.6 Å². The Morgan fingerprint density at radius 3 is 2.55 bits per heavy atom. The molecule has 3 rings (SSSR count). The number of nitriles is 2. The van der Waals surface area contributed by atoms with Crippen molar-refractivity contribution in [3.63, 3.8) is 0 Å². The van der Waals surface area contributed by atoms with E-state index < -0.39 is 28.2 Å². The smallest absolute Gasteiger partial charge is 0.407 e. The fourth-order valence-corrected chi connectivity index (χ4v) is 5.34. The van der Waals surface area contributed by atoms with E-state index in [4.69, 9.17) is 4.74 Å². The fraction of sp³-hybridized carbons (Fsp3) is 0.308. The third-order valence-electron chi connectivity index (χ3n) is 5.89. The summed E-state index contributed by atoms with van der Waals surface area (Å²) in [7, 11) is -4.21. The van der Waals surface area contributed by atoms with Gasteiger partial charge in [0.25, 0.3) is 0 Å². The molecule has 1 aliphatic heterocycles. The molecule has 0 aliphatic carbocycles. The second-order valence-electron chi connectivity index (χ2n) is 8.26. The summed E-state index contributed by atoms with van der Waals surface area (Å²) >= 11 is 0. The largest absolute Gasteiger partial charge is 0.450 e. The van der Waals surface area contributed by atoms with Gasteiger partial charge in [-0.05, 0) is 55.7 Å². The lowest BCUT2D eigenvalue weighted by molar-refractivity contribution is 0.152. The van der Waals surface area contributed by atoms with Crippen LogP contribution in [0.25, 0.3) is 0 Å². The van der Waals surface area contributed by atoms with Gasteiger partial charge in [0.05, 0.1) is 46.5 Å². The SMILES string of the molecule is CCOC(=O)NCCNS(=O)(=O)c1cc(C#N)ccc1C1NC(=O)N(c2cccc(CC)c2)C(C)=C1C#N. The first-order valence-corrected chi connectivity index (χ1v) is 13.4. The summed E-state index contributed by atoms with van der Waals surface area (Å²) in [5.41, 5.74) is 2.30. The highest BCUT2D eigenvalue weighted by Gasteiger charge is 2.36. The number of alkyl carbamates (subject to hydrolysis) is 1. The molecular formula is C26H28N6O5S. The van der Waals surface area contributed by atoms with Crippen LogP contribution >= 0.6 is 0 Å². The maximum atomic E-state index is 13.3. The highest BCUT2D eigenvalue weighted by atomic mass is 32.2. The van der Waals surface area contributed by atoms with Crippen LogP contribution in [0.5, 0.6) is 0 Å². The van der Waals surface area contributed by atoms with Crippen molar-refractivity contribution >= 4 is 27.8 Å². The molecule has 12 heteroatoms. The van der Waals surface area contributed by atoms with Crippen molar-refractivity contribution in [2.45, 2.75) is 38.1 Å². The first kappa shape index (κ1) is 28.2. The number of nitrogens with one attached hydrogen (secondary N) is 3. The molecule has 0 saturated heterocycles. The van der Waals surface area contributed by atoms with Crippen LogP contribution in [0.3, 0.4) is 0 Å². The highest BCUT2D eigenvalue weighted by molar-refractivity contribution is 7.89. The minimum atomic E-state index is -4.21. The lowest BCUT2D eigenvalue weighted by Crippen LogP contribution is -2.47. The quantitative estimate of drug-likeness (QED) is 0.414. The number of hydrogen-bond donors (Lipinski definition) is 3. The first-order chi connectivity index (χ1) is 18.2. The van der Waals surface area contributed by atoms with E-state index in [1.807, 2.05) is 31.2 Å². The molecule has 38 heavy (non-hydrogen) atoms. The van der Waals surface area contributed by atoms with Crippen molar-refractivity contribution in [3.05, 3.63) is 70.4 Å². The Hall–Kier alpha value is -4.39. The van der Waals surface area contributed by atoms with Crippen molar-refractivity contribution in [1.82, 2.24) is 15.4 Å². The lowest BCUT2D eigenvalue weighted by atomic mass is 9.94. The predicted octanol–water partition coefficient (Wildman–Crippen LogP) is 3.21. The molecule has 11 nitrogen and oxygen atoms in total. The van der Waals surface area contributed by atoms with E-state index in [0.717, 1.165) is 12.0 Å². The van der Waals surface area contributed by atoms with E-state index in [9.17, 15) is 28.5 Å². The average molecular weight is 537 g/mol. The van der Waals surface area contributed by atoms with E-state index in [0.29, 0.717) is 11.4 Å². The number of benzene rings is 2. The molecule has 1 atom stereocenters. The topological polar surface area (TPSA) is 164 Å². The van der Waals surface area contributed by atoms with Gasteiger partial charge < -0.3 is 15.4 Å². The van der Waals surface area contributed by atoms with Crippen LogP contribution in [-0.4, -0.2) is 40.2 Å². The Morgan fingerprint density at radius 1 is 1.13 bits per heavy atom. The number of aryl methyl sites for hydroxylation is 1. The second-order valence-corrected chi connectivity index (χ2v) is 10.00. The monoisotopic (exact) mass is 536 g/mol. The van der Waals surface area contributed by atoms with Crippen LogP contribution < -0.4 is 20.3 Å². The van der Waals surface area contributed by atoms with E-state index in [1.165, 1.54) is 23.1 Å². The molecule has 0 fully saturated rings. The minimum Gasteiger partial charge on any atom is -0.450 e. The number of urea groups is 1. The molecule has 1 heterocycles. The number of rotatable bonds is 9. The molecule has 0 aromatic heterocycles. The molecule has 0 bridgehead atoms. The molecule has 1 aliphatic rings. The lowest BCUT2D eigenvalue weighted by Gasteiger charge is -2.34. The molecule has 3 N–H and O–H groups in total. The molecule has 0 saturated carbocycles. The number of hydrogen-bond acceptors (Lipinski definition) is 7. The van der Waals surface area contributed by atoms with Gasteiger partial charge in [-0.25, -0.2) is 22.7 Å². The Kier molecular flexibility index (Phi) is 9.07. The van der Waals surface area contributed by atoms with Gasteiger partial charge in [-0.3, -0.25) is 4.90 Å². The summed E-state index contributed by atoms with van der Waals surface area (Å²) in [4.78, 5) is 25.8. The van der Waals surface area contributed by atoms with Gasteiger partial charge in [-0.1, -0.05) is 25.1 Å². The number of ether oxygens (including phenoxy) is 1. The number of anilines is 1. The number of allylic oxidation sites excluding steroid dienone is 1. The summed E-state index contributed by atoms with van der Waals surface area (Å²) in [6, 6.07) is 13.8.